The van der Waals surface area contributed by atoms with E-state index in [0.717, 1.165) is 68.5 Å². The number of hydrogen-bond acceptors (Lipinski definition) is 20. The minimum absolute atomic E-state index is 0.0676. The summed E-state index contributed by atoms with van der Waals surface area (Å²) >= 11 is 0. The zero-order valence-electron chi connectivity index (χ0n) is 86.1. The predicted molar refractivity (Wildman–Crippen MR) is 551 cm³/mol. The first-order valence-electron chi connectivity index (χ1n) is 44.3. The van der Waals surface area contributed by atoms with Crippen molar-refractivity contribution in [2.24, 2.45) is 11.1 Å². The number of benzene rings is 10. The van der Waals surface area contributed by atoms with E-state index in [1.54, 1.807) is 250 Å². The van der Waals surface area contributed by atoms with Gasteiger partial charge < -0.3 is 19.9 Å². The van der Waals surface area contributed by atoms with Gasteiger partial charge in [0, 0.05) is 25.0 Å². The summed E-state index contributed by atoms with van der Waals surface area (Å²) in [6.07, 6.45) is 4.02. The quantitative estimate of drug-likeness (QED) is 0.0503. The zero-order chi connectivity index (χ0) is 109. The molecular formula is C106H140F7NO19S8. The Bertz CT molecular complexity index is 6720. The summed E-state index contributed by atoms with van der Waals surface area (Å²) < 4.78 is 289. The van der Waals surface area contributed by atoms with Crippen LogP contribution in [0, 0.1) is 35.2 Å². The third-order valence-electron chi connectivity index (χ3n) is 19.9. The van der Waals surface area contributed by atoms with Gasteiger partial charge in [0.2, 0.25) is 0 Å². The fourth-order valence-corrected chi connectivity index (χ4v) is 20.6. The third kappa shape index (κ3) is 38.4. The number of para-hydroxylation sites is 1. The summed E-state index contributed by atoms with van der Waals surface area (Å²) in [6, 6.07) is 63.2. The molecule has 0 fully saturated rings. The molecule has 0 unspecified atom stereocenters. The van der Waals surface area contributed by atoms with E-state index < -0.39 is 146 Å². The summed E-state index contributed by atoms with van der Waals surface area (Å²) in [4.78, 5) is 1.46. The predicted octanol–water partition coefficient (Wildman–Crippen LogP) is 25.1. The van der Waals surface area contributed by atoms with Gasteiger partial charge in [-0.25, -0.2) is 89.3 Å². The molecule has 0 radical (unpaired) electrons. The molecule has 10 rings (SSSR count). The molecule has 20 nitrogen and oxygen atoms in total. The van der Waals surface area contributed by atoms with Crippen molar-refractivity contribution in [3.05, 3.63) is 288 Å². The van der Waals surface area contributed by atoms with Crippen molar-refractivity contribution in [2.75, 3.05) is 13.7 Å². The standard InChI is InChI=1S/C16H18O3S.C13H21N.C12H16F2O3S.C12H16F2O2S.C12H14O2S.C11H16O3S.C10H12F2O2S.C10H13FO2S.C10H14O2S/c1-16(2,3)20(17,18)15-11-9-14(10-12-15)19-13-7-5-4-6-8-13;1-13(2,3)10-12-6-4-5-11(9-12)7-8-14;1-11(2,3)18(15,16)10-7-5-9(6-8-10)17-12(4,13)14;1-11(2,3)17(15,16)10-7-5-9(6-8-10)12(4,13)14;1-5-10-6-8-11(9-7-10)15(13,14)12(2,3)4;1-11(2,3)15(12,13)10-7-5-9(14-4)6-8-10;1-10(2,3)15(13,14)7-4-5-8(11)9(12)6-7;1-10(2,3)14(12,13)9-6-4-8(11)5-7-9;1-10(2,3)13(11,12)9-7-5-4-6-8-9/h4-12H,1-3H3;4-6,9H,7-8,10,14H2,1-3H3;5-8H,1-4H3;5-8H,1-4H3;1,6-9H,2-4H3;5-8H,1-4H3;4-6H,1-3H3;4-7H,1-3H3;4-8H,1-3H3. The Kier molecular flexibility index (Phi) is 44.9. The van der Waals surface area contributed by atoms with E-state index in [1.807, 2.05) is 36.4 Å². The number of rotatable bonds is 17. The SMILES string of the molecule is C#Cc1ccc(S(=O)(=O)C(C)(C)C)cc1.CC(C)(C)Cc1cccc(CCN)c1.CC(C)(C)S(=O)(=O)c1ccc(F)c(F)c1.CC(C)(C)S(=O)(=O)c1ccc(F)cc1.CC(C)(C)S(=O)(=O)c1ccc(Oc2ccccc2)cc1.CC(C)(C)S(=O)(=O)c1ccccc1.CC(F)(F)Oc1ccc(S(=O)(=O)C(C)(C)C)cc1.CC(F)(F)c1ccc(S(=O)(=O)C(C)(C)C)cc1.COc1ccc(S(=O)(=O)C(C)(C)C)cc1. The number of sulfone groups is 8. The van der Waals surface area contributed by atoms with Gasteiger partial charge >= 0.3 is 6.11 Å². The maximum Gasteiger partial charge on any atom is 0.394 e. The highest BCUT2D eigenvalue weighted by Crippen LogP contribution is 2.36. The molecule has 0 aliphatic carbocycles. The molecule has 0 spiro atoms. The Morgan fingerprint density at radius 1 is 0.291 bits per heavy atom. The number of alkyl halides is 4. The Hall–Kier alpha value is -9.77. The molecule has 780 valence electrons. The largest absolute Gasteiger partial charge is 0.497 e. The van der Waals surface area contributed by atoms with Gasteiger partial charge in [-0.15, -0.1) is 6.42 Å². The number of hydrogen-bond donors (Lipinski definition) is 1. The van der Waals surface area contributed by atoms with E-state index in [0.29, 0.717) is 55.0 Å². The van der Waals surface area contributed by atoms with Crippen LogP contribution in [0.3, 0.4) is 0 Å². The molecule has 2 N–H and O–H groups in total. The summed E-state index contributed by atoms with van der Waals surface area (Å²) in [6.45, 7) is 48.0. The van der Waals surface area contributed by atoms with Crippen LogP contribution in [0.5, 0.6) is 23.0 Å². The molecule has 0 heterocycles. The molecule has 0 bridgehead atoms. The highest BCUT2D eigenvalue weighted by atomic mass is 32.2. The number of terminal acetylenes is 1. The van der Waals surface area contributed by atoms with Crippen molar-refractivity contribution < 1.29 is 112 Å². The maximum atomic E-state index is 13.0. The number of halogens is 7. The Morgan fingerprint density at radius 2 is 0.560 bits per heavy atom. The minimum atomic E-state index is -3.62. The van der Waals surface area contributed by atoms with Gasteiger partial charge in [0.05, 0.1) is 84.2 Å². The van der Waals surface area contributed by atoms with Gasteiger partial charge in [0.15, 0.2) is 90.3 Å². The molecule has 0 aliphatic heterocycles. The van der Waals surface area contributed by atoms with Gasteiger partial charge in [-0.05, 0) is 378 Å². The first kappa shape index (κ1) is 127. The summed E-state index contributed by atoms with van der Waals surface area (Å²) in [7, 11) is -25.4. The minimum Gasteiger partial charge on any atom is -0.497 e. The first-order valence-corrected chi connectivity index (χ1v) is 56.1. The van der Waals surface area contributed by atoms with E-state index in [-0.39, 0.29) is 30.9 Å². The van der Waals surface area contributed by atoms with Crippen molar-refractivity contribution in [3.8, 4) is 35.3 Å². The van der Waals surface area contributed by atoms with Crippen LogP contribution in [0.2, 0.25) is 0 Å². The lowest BCUT2D eigenvalue weighted by atomic mass is 9.87. The van der Waals surface area contributed by atoms with Crippen molar-refractivity contribution in [1.82, 2.24) is 0 Å². The number of nitrogens with two attached hydrogens (primary N) is 1. The van der Waals surface area contributed by atoms with Gasteiger partial charge in [0.25, 0.3) is 5.92 Å². The molecular weight excluding hydrogens is 1980 g/mol. The van der Waals surface area contributed by atoms with Crippen LogP contribution in [-0.4, -0.2) is 125 Å². The molecule has 0 atom stereocenters. The normalized spacial score (nSPS) is 12.7. The lowest BCUT2D eigenvalue weighted by Gasteiger charge is -2.19. The lowest BCUT2D eigenvalue weighted by molar-refractivity contribution is -0.159. The molecule has 35 heteroatoms. The fourth-order valence-electron chi connectivity index (χ4n) is 11.0. The van der Waals surface area contributed by atoms with Crippen LogP contribution in [0.15, 0.2) is 288 Å². The van der Waals surface area contributed by atoms with Crippen molar-refractivity contribution >= 4 is 78.7 Å². The average molecular weight is 2120 g/mol. The van der Waals surface area contributed by atoms with Gasteiger partial charge in [-0.2, -0.15) is 8.78 Å². The second-order valence-electron chi connectivity index (χ2n) is 41.4. The zero-order valence-corrected chi connectivity index (χ0v) is 92.6. The van der Waals surface area contributed by atoms with E-state index >= 15 is 0 Å². The maximum absolute atomic E-state index is 13.0. The third-order valence-corrected chi connectivity index (χ3v) is 39.9. The molecule has 0 aromatic heterocycles. The molecule has 10 aromatic carbocycles. The van der Waals surface area contributed by atoms with Gasteiger partial charge in [0.1, 0.15) is 28.8 Å². The molecule has 141 heavy (non-hydrogen) atoms. The second kappa shape index (κ2) is 49.7. The number of methoxy groups -OCH3 is 1. The summed E-state index contributed by atoms with van der Waals surface area (Å²) in [5, 5.41) is 0. The summed E-state index contributed by atoms with van der Waals surface area (Å²) in [5.74, 6) is -1.22. The second-order valence-corrected chi connectivity index (χ2v) is 63.0. The van der Waals surface area contributed by atoms with E-state index in [9.17, 15) is 98.1 Å². The Labute approximate surface area is 836 Å². The van der Waals surface area contributed by atoms with Crippen molar-refractivity contribution in [3.63, 3.8) is 0 Å². The fraction of sp³-hybridized carbons (Fsp3) is 0.415. The Morgan fingerprint density at radius 3 is 0.851 bits per heavy atom. The van der Waals surface area contributed by atoms with Crippen LogP contribution in [0.1, 0.15) is 223 Å². The summed E-state index contributed by atoms with van der Waals surface area (Å²) in [5.41, 5.74) is 9.17. The lowest BCUT2D eigenvalue weighted by Crippen LogP contribution is -2.28. The highest BCUT2D eigenvalue weighted by molar-refractivity contribution is 7.95. The van der Waals surface area contributed by atoms with Crippen LogP contribution in [0.25, 0.3) is 0 Å². The Balaban J connectivity index is 0.000000538. The molecule has 10 aromatic rings. The topological polar surface area (TPSA) is 327 Å². The van der Waals surface area contributed by atoms with Crippen LogP contribution < -0.4 is 19.9 Å². The number of ether oxygens (including phenoxy) is 3. The molecule has 0 saturated heterocycles. The highest BCUT2D eigenvalue weighted by Gasteiger charge is 2.38. The molecule has 0 amide bonds. The average Bonchev–Trinajstić information content (AvgIpc) is 0.844. The van der Waals surface area contributed by atoms with Gasteiger partial charge in [-0.3, -0.25) is 0 Å². The van der Waals surface area contributed by atoms with Crippen molar-refractivity contribution in [2.45, 2.75) is 303 Å². The monoisotopic (exact) mass is 2120 g/mol. The van der Waals surface area contributed by atoms with Gasteiger partial charge in [-0.1, -0.05) is 99.5 Å². The van der Waals surface area contributed by atoms with E-state index in [2.05, 4.69) is 55.7 Å². The smallest absolute Gasteiger partial charge is 0.394 e. The van der Waals surface area contributed by atoms with Crippen LogP contribution in [-0.2, 0) is 97.5 Å². The van der Waals surface area contributed by atoms with E-state index in [4.69, 9.17) is 21.6 Å². The first-order chi connectivity index (χ1) is 63.5. The van der Waals surface area contributed by atoms with Crippen LogP contribution in [0.4, 0.5) is 30.7 Å². The molecule has 0 aliphatic rings. The van der Waals surface area contributed by atoms with E-state index in [1.165, 1.54) is 80.4 Å². The van der Waals surface area contributed by atoms with Crippen LogP contribution >= 0.6 is 0 Å². The van der Waals surface area contributed by atoms with Crippen molar-refractivity contribution in [1.29, 1.82) is 0 Å². The molecule has 0 saturated carbocycles.